The standard InChI is InChI=1S/C26H22N4O2/c1-16-10-12-17(13-11-16)25-22-23(20-8-3-4-9-21(20)32-25)29-26-27-15-28-30(26)24(22)18-6-5-7-19(14-18)31-2/h3-15,24-25H,1-2H3,(H,27,28,29)/t24-,25+/m0/s1. The van der Waals surface area contributed by atoms with Gasteiger partial charge in [0.1, 0.15) is 30.0 Å². The number of rotatable bonds is 3. The highest BCUT2D eigenvalue weighted by molar-refractivity contribution is 5.85. The summed E-state index contributed by atoms with van der Waals surface area (Å²) >= 11 is 0. The number of hydrogen-bond acceptors (Lipinski definition) is 5. The van der Waals surface area contributed by atoms with Crippen LogP contribution in [0, 0.1) is 6.92 Å². The van der Waals surface area contributed by atoms with E-state index >= 15 is 0 Å². The number of nitrogens with one attached hydrogen (secondary N) is 1. The van der Waals surface area contributed by atoms with E-state index in [4.69, 9.17) is 9.47 Å². The quantitative estimate of drug-likeness (QED) is 0.494. The molecule has 0 spiro atoms. The van der Waals surface area contributed by atoms with Crippen LogP contribution < -0.4 is 14.8 Å². The molecule has 158 valence electrons. The van der Waals surface area contributed by atoms with Crippen molar-refractivity contribution in [3.63, 3.8) is 0 Å². The van der Waals surface area contributed by atoms with Gasteiger partial charge in [-0.25, -0.2) is 4.68 Å². The number of anilines is 1. The van der Waals surface area contributed by atoms with E-state index in [0.717, 1.165) is 39.5 Å². The highest BCUT2D eigenvalue weighted by Crippen LogP contribution is 2.50. The van der Waals surface area contributed by atoms with Gasteiger partial charge in [0.15, 0.2) is 0 Å². The number of para-hydroxylation sites is 1. The summed E-state index contributed by atoms with van der Waals surface area (Å²) in [6.07, 6.45) is 1.31. The smallest absolute Gasteiger partial charge is 0.226 e. The number of fused-ring (bicyclic) bond motifs is 3. The zero-order chi connectivity index (χ0) is 21.7. The third-order valence-electron chi connectivity index (χ3n) is 6.11. The number of methoxy groups -OCH3 is 1. The average Bonchev–Trinajstić information content (AvgIpc) is 3.31. The van der Waals surface area contributed by atoms with Crippen molar-refractivity contribution in [1.29, 1.82) is 0 Å². The highest BCUT2D eigenvalue weighted by atomic mass is 16.5. The normalized spacial score (nSPS) is 18.7. The second-order valence-electron chi connectivity index (χ2n) is 8.07. The molecule has 1 N–H and O–H groups in total. The maximum atomic E-state index is 6.64. The summed E-state index contributed by atoms with van der Waals surface area (Å²) in [6, 6.07) is 24.6. The van der Waals surface area contributed by atoms with Crippen LogP contribution in [-0.4, -0.2) is 21.9 Å². The van der Waals surface area contributed by atoms with Crippen LogP contribution in [0.5, 0.6) is 11.5 Å². The Bertz CT molecular complexity index is 1340. The van der Waals surface area contributed by atoms with Crippen LogP contribution in [0.25, 0.3) is 5.70 Å². The molecule has 1 aromatic heterocycles. The number of nitrogens with zero attached hydrogens (tertiary/aromatic N) is 3. The predicted octanol–water partition coefficient (Wildman–Crippen LogP) is 5.16. The van der Waals surface area contributed by atoms with E-state index < -0.39 is 0 Å². The molecule has 4 aromatic rings. The van der Waals surface area contributed by atoms with E-state index in [-0.39, 0.29) is 12.1 Å². The molecule has 0 radical (unpaired) electrons. The summed E-state index contributed by atoms with van der Waals surface area (Å²) in [6.45, 7) is 2.09. The summed E-state index contributed by atoms with van der Waals surface area (Å²) in [5, 5.41) is 8.10. The van der Waals surface area contributed by atoms with Crippen LogP contribution in [-0.2, 0) is 0 Å². The molecule has 6 heteroatoms. The Hall–Kier alpha value is -4.06. The van der Waals surface area contributed by atoms with Crippen molar-refractivity contribution >= 4 is 11.6 Å². The first-order valence-electron chi connectivity index (χ1n) is 10.6. The Kier molecular flexibility index (Phi) is 4.24. The molecule has 32 heavy (non-hydrogen) atoms. The van der Waals surface area contributed by atoms with E-state index in [1.165, 1.54) is 5.56 Å². The lowest BCUT2D eigenvalue weighted by Gasteiger charge is -2.39. The third-order valence-corrected chi connectivity index (χ3v) is 6.11. The minimum Gasteiger partial charge on any atom is -0.497 e. The van der Waals surface area contributed by atoms with Crippen molar-refractivity contribution < 1.29 is 9.47 Å². The Labute approximate surface area is 186 Å². The van der Waals surface area contributed by atoms with Gasteiger partial charge in [-0.2, -0.15) is 10.1 Å². The molecule has 3 aromatic carbocycles. The number of hydrogen-bond donors (Lipinski definition) is 1. The van der Waals surface area contributed by atoms with Gasteiger partial charge in [-0.15, -0.1) is 0 Å². The van der Waals surface area contributed by atoms with Crippen LogP contribution in [0.3, 0.4) is 0 Å². The molecule has 3 heterocycles. The Morgan fingerprint density at radius 3 is 2.66 bits per heavy atom. The van der Waals surface area contributed by atoms with Crippen molar-refractivity contribution in [2.24, 2.45) is 0 Å². The van der Waals surface area contributed by atoms with Crippen LogP contribution in [0.1, 0.15) is 34.4 Å². The third kappa shape index (κ3) is 2.87. The summed E-state index contributed by atoms with van der Waals surface area (Å²) < 4.78 is 14.1. The molecule has 6 rings (SSSR count). The molecule has 0 saturated carbocycles. The molecule has 6 nitrogen and oxygen atoms in total. The largest absolute Gasteiger partial charge is 0.497 e. The fourth-order valence-electron chi connectivity index (χ4n) is 4.57. The molecular formula is C26H22N4O2. The monoisotopic (exact) mass is 422 g/mol. The van der Waals surface area contributed by atoms with E-state index in [9.17, 15) is 0 Å². The molecule has 2 aliphatic heterocycles. The Morgan fingerprint density at radius 2 is 1.81 bits per heavy atom. The lowest BCUT2D eigenvalue weighted by atomic mass is 9.84. The first kappa shape index (κ1) is 18.7. The zero-order valence-corrected chi connectivity index (χ0v) is 17.8. The van der Waals surface area contributed by atoms with Crippen LogP contribution in [0.4, 0.5) is 5.95 Å². The molecular weight excluding hydrogens is 400 g/mol. The number of benzene rings is 3. The van der Waals surface area contributed by atoms with Gasteiger partial charge < -0.3 is 14.8 Å². The van der Waals surface area contributed by atoms with Crippen molar-refractivity contribution in [1.82, 2.24) is 14.8 Å². The second kappa shape index (κ2) is 7.27. The van der Waals surface area contributed by atoms with Gasteiger partial charge in [-0.1, -0.05) is 54.1 Å². The van der Waals surface area contributed by atoms with Crippen molar-refractivity contribution in [3.8, 4) is 11.5 Å². The highest BCUT2D eigenvalue weighted by Gasteiger charge is 2.40. The molecule has 2 aliphatic rings. The number of aromatic nitrogens is 3. The molecule has 0 bridgehead atoms. The van der Waals surface area contributed by atoms with Gasteiger partial charge in [0.25, 0.3) is 0 Å². The van der Waals surface area contributed by atoms with Gasteiger partial charge in [-0.05, 0) is 42.3 Å². The molecule has 0 fully saturated rings. The first-order chi connectivity index (χ1) is 15.7. The maximum absolute atomic E-state index is 6.64. The maximum Gasteiger partial charge on any atom is 0.226 e. The summed E-state index contributed by atoms with van der Waals surface area (Å²) in [7, 11) is 1.68. The average molecular weight is 422 g/mol. The fraction of sp³-hybridized carbons (Fsp3) is 0.154. The molecule has 0 saturated heterocycles. The van der Waals surface area contributed by atoms with Crippen LogP contribution in [0.2, 0.25) is 0 Å². The van der Waals surface area contributed by atoms with Gasteiger partial charge in [0.05, 0.1) is 12.8 Å². The van der Waals surface area contributed by atoms with Crippen LogP contribution in [0.15, 0.2) is 84.7 Å². The minimum absolute atomic E-state index is 0.196. The molecule has 0 amide bonds. The van der Waals surface area contributed by atoms with Crippen LogP contribution >= 0.6 is 0 Å². The van der Waals surface area contributed by atoms with Crippen molar-refractivity contribution in [2.75, 3.05) is 12.4 Å². The minimum atomic E-state index is -0.276. The fourth-order valence-corrected chi connectivity index (χ4v) is 4.57. The number of aryl methyl sites for hydroxylation is 1. The zero-order valence-electron chi connectivity index (χ0n) is 17.8. The van der Waals surface area contributed by atoms with Gasteiger partial charge in [0.2, 0.25) is 5.95 Å². The van der Waals surface area contributed by atoms with Gasteiger partial charge >= 0.3 is 0 Å². The van der Waals surface area contributed by atoms with E-state index in [0.29, 0.717) is 5.95 Å². The Morgan fingerprint density at radius 1 is 0.969 bits per heavy atom. The Balaban J connectivity index is 1.62. The lowest BCUT2D eigenvalue weighted by molar-refractivity contribution is 0.223. The number of ether oxygens (including phenoxy) is 2. The topological polar surface area (TPSA) is 61.2 Å². The van der Waals surface area contributed by atoms with Gasteiger partial charge in [-0.3, -0.25) is 0 Å². The molecule has 2 atom stereocenters. The lowest BCUT2D eigenvalue weighted by Crippen LogP contribution is -2.32. The van der Waals surface area contributed by atoms with Crippen molar-refractivity contribution in [3.05, 3.63) is 107 Å². The van der Waals surface area contributed by atoms with E-state index in [2.05, 4.69) is 64.8 Å². The van der Waals surface area contributed by atoms with E-state index in [1.807, 2.05) is 35.0 Å². The molecule has 0 unspecified atom stereocenters. The molecule has 0 aliphatic carbocycles. The van der Waals surface area contributed by atoms with Gasteiger partial charge in [0, 0.05) is 11.1 Å². The van der Waals surface area contributed by atoms with E-state index in [1.54, 1.807) is 13.4 Å². The first-order valence-corrected chi connectivity index (χ1v) is 10.6. The SMILES string of the molecule is COc1cccc([C@H]2C3=C(Nc4ncnn42)c2ccccc2O[C@@H]3c2ccc(C)cc2)c1. The summed E-state index contributed by atoms with van der Waals surface area (Å²) in [5.41, 5.74) is 6.50. The van der Waals surface area contributed by atoms with Crippen molar-refractivity contribution in [2.45, 2.75) is 19.1 Å². The summed E-state index contributed by atoms with van der Waals surface area (Å²) in [5.74, 6) is 2.35. The second-order valence-corrected chi connectivity index (χ2v) is 8.07. The predicted molar refractivity (Wildman–Crippen MR) is 123 cm³/mol. The summed E-state index contributed by atoms with van der Waals surface area (Å²) in [4.78, 5) is 4.48.